The summed E-state index contributed by atoms with van der Waals surface area (Å²) >= 11 is 0. The van der Waals surface area contributed by atoms with E-state index in [1.54, 1.807) is 0 Å². The number of oxime groups is 3. The summed E-state index contributed by atoms with van der Waals surface area (Å²) in [6.45, 7) is 3.14. The maximum atomic E-state index is 13.4. The van der Waals surface area contributed by atoms with E-state index in [-0.39, 0.29) is 78.1 Å². The van der Waals surface area contributed by atoms with Crippen molar-refractivity contribution in [1.82, 2.24) is 0 Å². The predicted octanol–water partition coefficient (Wildman–Crippen LogP) is 6.60. The second-order valence-corrected chi connectivity index (χ2v) is 16.3. The van der Waals surface area contributed by atoms with Gasteiger partial charge in [-0.1, -0.05) is 34.9 Å². The molecule has 344 valence electrons. The van der Waals surface area contributed by atoms with E-state index in [9.17, 15) is 64.8 Å². The number of hydrogen-bond donors (Lipinski definition) is 0. The predicted molar refractivity (Wildman–Crippen MR) is 205 cm³/mol. The standard InChI is InChI=1S/C25H28F6N2O8S2.C9H4F3N2O3S.Mg.H2O/c1-3-16-42(34,35)40-32-22(24(26,27)28)18-6-10-20(11-7-18)38-14-5-15-39-21-12-8-19(9-13-21)23(25(29,30)31)33-41-43(36,37)17-4-2;10-9(11,12)18(15,16)17-14-8(6-13)7-4-2-1-3-5-7;;/h6-13H,3-5,14-17H2,1-2H3;2-5H;;1H2/q;-1;+2;/p-1/b32-22-,33-23-;14-8+;;. The van der Waals surface area contributed by atoms with E-state index in [2.05, 4.69) is 34.4 Å². The quantitative estimate of drug-likeness (QED) is 0.0234. The second-order valence-electron chi connectivity index (χ2n) is 11.5. The van der Waals surface area contributed by atoms with Gasteiger partial charge < -0.3 is 14.9 Å². The molecule has 1 N–H and O–H groups in total. The van der Waals surface area contributed by atoms with Crippen molar-refractivity contribution in [2.24, 2.45) is 15.5 Å². The molecular formula is C34H33F9MgN4O12S3. The Morgan fingerprint density at radius 2 is 1.00 bits per heavy atom. The van der Waals surface area contributed by atoms with Crippen LogP contribution in [0.15, 0.2) is 88.3 Å². The van der Waals surface area contributed by atoms with Crippen LogP contribution in [0.3, 0.4) is 0 Å². The summed E-state index contributed by atoms with van der Waals surface area (Å²) in [6, 6.07) is 18.4. The fourth-order valence-electron chi connectivity index (χ4n) is 3.97. The van der Waals surface area contributed by atoms with Crippen LogP contribution in [0.2, 0.25) is 0 Å². The summed E-state index contributed by atoms with van der Waals surface area (Å²) in [7, 11) is -14.4. The first-order valence-corrected chi connectivity index (χ1v) is 21.4. The summed E-state index contributed by atoms with van der Waals surface area (Å²) in [5.41, 5.74) is -10.1. The van der Waals surface area contributed by atoms with Crippen LogP contribution in [-0.2, 0) is 43.2 Å². The van der Waals surface area contributed by atoms with Crippen molar-refractivity contribution >= 4 is 70.5 Å². The van der Waals surface area contributed by atoms with E-state index in [0.29, 0.717) is 0 Å². The fourth-order valence-corrected chi connectivity index (χ4v) is 5.75. The van der Waals surface area contributed by atoms with Gasteiger partial charge in [-0.2, -0.15) is 100 Å². The van der Waals surface area contributed by atoms with Crippen molar-refractivity contribution in [1.29, 1.82) is 5.26 Å². The molecule has 0 amide bonds. The third kappa shape index (κ3) is 20.4. The molecule has 0 saturated carbocycles. The SMILES string of the molecule is CCCS(=O)(=O)O/N=C(/c1ccc(OCCCOc2ccc(/C(=N/OS(=O)(=O)CCC)C(F)(F)F)cc2)cc1)C(F)(F)F.N#C/C(=N\OS(=O)(=O)C(F)(F)F)c1cc[c-]cc1.[Mg+2].[OH-]. The van der Waals surface area contributed by atoms with Crippen molar-refractivity contribution in [3.05, 3.63) is 95.6 Å². The molecule has 0 atom stereocenters. The average molecular weight is 981 g/mol. The molecule has 0 heterocycles. The summed E-state index contributed by atoms with van der Waals surface area (Å²) in [4.78, 5) is 0. The Hall–Kier alpha value is -4.89. The smallest absolute Gasteiger partial charge is 0.870 e. The molecule has 3 aromatic carbocycles. The molecule has 0 aromatic heterocycles. The Labute approximate surface area is 371 Å². The number of nitriles is 1. The minimum Gasteiger partial charge on any atom is -0.870 e. The first-order valence-electron chi connectivity index (χ1n) is 16.8. The Bertz CT molecular complexity index is 2250. The molecule has 0 aliphatic heterocycles. The van der Waals surface area contributed by atoms with Crippen molar-refractivity contribution in [3.63, 3.8) is 0 Å². The minimum atomic E-state index is -5.86. The van der Waals surface area contributed by atoms with Gasteiger partial charge in [0.05, 0.1) is 24.7 Å². The van der Waals surface area contributed by atoms with Gasteiger partial charge in [0.15, 0.2) is 17.1 Å². The molecule has 3 rings (SSSR count). The van der Waals surface area contributed by atoms with E-state index in [4.69, 9.17) is 14.7 Å². The minimum absolute atomic E-state index is 0. The van der Waals surface area contributed by atoms with Crippen LogP contribution in [0.1, 0.15) is 49.8 Å². The fraction of sp³-hybridized carbons (Fsp3) is 0.353. The number of halogens is 9. The van der Waals surface area contributed by atoms with Crippen LogP contribution < -0.4 is 9.47 Å². The normalized spacial score (nSPS) is 12.9. The van der Waals surface area contributed by atoms with Gasteiger partial charge in [0.1, 0.15) is 17.6 Å². The molecule has 29 heteroatoms. The molecule has 16 nitrogen and oxygen atoms in total. The van der Waals surface area contributed by atoms with Gasteiger partial charge in [-0.25, -0.2) is 0 Å². The number of nitrogens with zero attached hydrogens (tertiary/aromatic N) is 4. The van der Waals surface area contributed by atoms with Crippen molar-refractivity contribution in [2.45, 2.75) is 51.0 Å². The summed E-state index contributed by atoms with van der Waals surface area (Å²) < 4.78 is 206. The van der Waals surface area contributed by atoms with Crippen LogP contribution in [0.5, 0.6) is 11.5 Å². The maximum absolute atomic E-state index is 13.4. The van der Waals surface area contributed by atoms with Crippen LogP contribution in [0, 0.1) is 17.4 Å². The third-order valence-corrected chi connectivity index (χ3v) is 9.88. The number of benzene rings is 3. The van der Waals surface area contributed by atoms with Crippen molar-refractivity contribution < 1.29 is 92.6 Å². The van der Waals surface area contributed by atoms with Gasteiger partial charge in [-0.15, -0.1) is 0 Å². The van der Waals surface area contributed by atoms with Crippen LogP contribution in [0.4, 0.5) is 39.5 Å². The molecule has 0 spiro atoms. The zero-order valence-electron chi connectivity index (χ0n) is 32.4. The zero-order chi connectivity index (χ0) is 46.1. The Morgan fingerprint density at radius 3 is 1.32 bits per heavy atom. The summed E-state index contributed by atoms with van der Waals surface area (Å²) in [5.74, 6) is -0.618. The first-order chi connectivity index (χ1) is 28.2. The van der Waals surface area contributed by atoms with Crippen LogP contribution in [-0.4, -0.2) is 113 Å². The van der Waals surface area contributed by atoms with Gasteiger partial charge in [-0.05, 0) is 61.4 Å². The molecule has 0 bridgehead atoms. The van der Waals surface area contributed by atoms with Gasteiger partial charge in [0.25, 0.3) is 0 Å². The van der Waals surface area contributed by atoms with Crippen molar-refractivity contribution in [2.75, 3.05) is 24.7 Å². The van der Waals surface area contributed by atoms with Gasteiger partial charge >= 0.3 is 71.3 Å². The molecular weight excluding hydrogens is 948 g/mol. The van der Waals surface area contributed by atoms with Crippen LogP contribution >= 0.6 is 0 Å². The molecule has 0 unspecified atom stereocenters. The zero-order valence-corrected chi connectivity index (χ0v) is 36.3. The van der Waals surface area contributed by atoms with E-state index >= 15 is 0 Å². The number of ether oxygens (including phenoxy) is 2. The van der Waals surface area contributed by atoms with Crippen molar-refractivity contribution in [3.8, 4) is 17.6 Å². The Morgan fingerprint density at radius 1 is 0.619 bits per heavy atom. The Kier molecular flexibility index (Phi) is 23.4. The molecule has 0 aliphatic rings. The van der Waals surface area contributed by atoms with E-state index in [1.165, 1.54) is 68.4 Å². The molecule has 0 aliphatic carbocycles. The molecule has 0 saturated heterocycles. The van der Waals surface area contributed by atoms with E-state index in [1.807, 2.05) is 0 Å². The van der Waals surface area contributed by atoms with Gasteiger partial charge in [0.2, 0.25) is 0 Å². The molecule has 63 heavy (non-hydrogen) atoms. The molecule has 0 radical (unpaired) electrons. The largest absolute Gasteiger partial charge is 2.00 e. The van der Waals surface area contributed by atoms with Gasteiger partial charge in [-0.3, -0.25) is 12.9 Å². The second kappa shape index (κ2) is 25.4. The monoisotopic (exact) mass is 980 g/mol. The van der Waals surface area contributed by atoms with Crippen LogP contribution in [0.25, 0.3) is 0 Å². The van der Waals surface area contributed by atoms with E-state index in [0.717, 1.165) is 24.3 Å². The average Bonchev–Trinajstić information content (AvgIpc) is 3.15. The third-order valence-electron chi connectivity index (χ3n) is 6.62. The summed E-state index contributed by atoms with van der Waals surface area (Å²) in [6.07, 6.45) is -9.45. The van der Waals surface area contributed by atoms with E-state index < -0.39 is 88.0 Å². The first kappa shape index (κ1) is 58.1. The molecule has 3 aromatic rings. The van der Waals surface area contributed by atoms with Gasteiger partial charge in [0, 0.05) is 17.5 Å². The topological polar surface area (TPSA) is 239 Å². The number of alkyl halides is 9. The number of hydrogen-bond acceptors (Lipinski definition) is 16. The maximum Gasteiger partial charge on any atom is 2.00 e. The Balaban J connectivity index is 0.00000161. The number of rotatable bonds is 19. The molecule has 0 fully saturated rings. The summed E-state index contributed by atoms with van der Waals surface area (Å²) in [5, 5.41) is 16.9.